The molecule has 0 aliphatic carbocycles. The van der Waals surface area contributed by atoms with Gasteiger partial charge in [-0.2, -0.15) is 18.3 Å². The van der Waals surface area contributed by atoms with E-state index >= 15 is 0 Å². The van der Waals surface area contributed by atoms with Gasteiger partial charge < -0.3 is 20.6 Å². The molecule has 3 amide bonds. The van der Waals surface area contributed by atoms with Crippen molar-refractivity contribution in [2.75, 3.05) is 28.6 Å². The molecule has 11 nitrogen and oxygen atoms in total. The third-order valence-electron chi connectivity index (χ3n) is 4.81. The molecule has 3 rings (SSSR count). The first kappa shape index (κ1) is 24.8. The number of alkyl halides is 3. The molecule has 33 heavy (non-hydrogen) atoms. The van der Waals surface area contributed by atoms with Gasteiger partial charge in [-0.05, 0) is 35.2 Å². The van der Waals surface area contributed by atoms with Crippen LogP contribution in [-0.2, 0) is 11.8 Å². The van der Waals surface area contributed by atoms with E-state index in [4.69, 9.17) is 5.11 Å². The Morgan fingerprint density at radius 3 is 2.64 bits per heavy atom. The zero-order valence-corrected chi connectivity index (χ0v) is 19.5. The molecule has 2 aromatic heterocycles. The number of rotatable bonds is 5. The summed E-state index contributed by atoms with van der Waals surface area (Å²) >= 11 is 4.06. The number of hydrogen-bond acceptors (Lipinski definition) is 7. The SMILES string of the molecule is Cn1ncc(NC(=O)c2nc(Br)sc2NC(=O)O)c1N1CCCC(NC(=O)C(F)(F)F)CC1. The molecule has 1 unspecified atom stereocenters. The van der Waals surface area contributed by atoms with Gasteiger partial charge in [0.1, 0.15) is 10.7 Å². The number of hydrogen-bond donors (Lipinski definition) is 4. The Morgan fingerprint density at radius 1 is 1.24 bits per heavy atom. The molecule has 1 saturated heterocycles. The molecular weight excluding hydrogens is 535 g/mol. The third-order valence-corrected chi connectivity index (χ3v) is 6.23. The first-order valence-electron chi connectivity index (χ1n) is 9.58. The van der Waals surface area contributed by atoms with Crippen LogP contribution in [0.25, 0.3) is 0 Å². The topological polar surface area (TPSA) is 141 Å². The summed E-state index contributed by atoms with van der Waals surface area (Å²) in [6.07, 6.45) is -3.73. The fourth-order valence-electron chi connectivity index (χ4n) is 3.43. The zero-order chi connectivity index (χ0) is 24.3. The van der Waals surface area contributed by atoms with Crippen molar-refractivity contribution in [1.29, 1.82) is 0 Å². The number of aryl methyl sites for hydroxylation is 1. The lowest BCUT2D eigenvalue weighted by Gasteiger charge is -2.24. The lowest BCUT2D eigenvalue weighted by atomic mass is 10.1. The molecule has 1 aliphatic rings. The molecule has 0 aromatic carbocycles. The van der Waals surface area contributed by atoms with E-state index in [9.17, 15) is 27.6 Å². The van der Waals surface area contributed by atoms with E-state index in [0.29, 0.717) is 41.4 Å². The van der Waals surface area contributed by atoms with Crippen molar-refractivity contribution < 1.29 is 32.7 Å². The van der Waals surface area contributed by atoms with Crippen molar-refractivity contribution in [2.24, 2.45) is 7.05 Å². The van der Waals surface area contributed by atoms with E-state index in [-0.39, 0.29) is 17.1 Å². The van der Waals surface area contributed by atoms with Gasteiger partial charge in [-0.1, -0.05) is 11.3 Å². The van der Waals surface area contributed by atoms with Crippen LogP contribution in [0, 0.1) is 0 Å². The maximum absolute atomic E-state index is 12.8. The average Bonchev–Trinajstić information content (AvgIpc) is 3.15. The van der Waals surface area contributed by atoms with Crippen molar-refractivity contribution in [2.45, 2.75) is 31.5 Å². The van der Waals surface area contributed by atoms with Gasteiger partial charge in [0.25, 0.3) is 5.91 Å². The number of carboxylic acid groups (broad SMARTS) is 1. The lowest BCUT2D eigenvalue weighted by Crippen LogP contribution is -2.43. The van der Waals surface area contributed by atoms with Crippen molar-refractivity contribution in [3.8, 4) is 0 Å². The standard InChI is InChI=1S/C17H19BrF3N7O4S/c1-27-13(28-5-2-3-8(4-6-28)23-14(30)17(19,20)21)9(7-22-27)24-11(29)10-12(26-16(31)32)33-15(18)25-10/h7-8,26H,2-6H2,1H3,(H,23,30)(H,24,29)(H,31,32). The van der Waals surface area contributed by atoms with Gasteiger partial charge in [0.2, 0.25) is 0 Å². The zero-order valence-electron chi connectivity index (χ0n) is 17.1. The second kappa shape index (κ2) is 9.94. The number of nitrogens with one attached hydrogen (secondary N) is 3. The van der Waals surface area contributed by atoms with E-state index in [0.717, 1.165) is 11.3 Å². The Bertz CT molecular complexity index is 1060. The molecule has 0 saturated carbocycles. The highest BCUT2D eigenvalue weighted by molar-refractivity contribution is 9.11. The number of nitrogens with zero attached hydrogens (tertiary/aromatic N) is 4. The van der Waals surface area contributed by atoms with E-state index in [2.05, 4.69) is 36.6 Å². The minimum Gasteiger partial charge on any atom is -0.465 e. The molecule has 4 N–H and O–H groups in total. The Labute approximate surface area is 197 Å². The highest BCUT2D eigenvalue weighted by Gasteiger charge is 2.40. The van der Waals surface area contributed by atoms with Crippen molar-refractivity contribution in [1.82, 2.24) is 20.1 Å². The van der Waals surface area contributed by atoms with Gasteiger partial charge in [0.05, 0.1) is 6.20 Å². The van der Waals surface area contributed by atoms with Gasteiger partial charge in [0, 0.05) is 26.2 Å². The van der Waals surface area contributed by atoms with Gasteiger partial charge >= 0.3 is 18.2 Å². The summed E-state index contributed by atoms with van der Waals surface area (Å²) in [6.45, 7) is 0.786. The minimum atomic E-state index is -4.94. The number of carbonyl (C=O) groups excluding carboxylic acids is 2. The van der Waals surface area contributed by atoms with Crippen LogP contribution in [0.2, 0.25) is 0 Å². The van der Waals surface area contributed by atoms with Gasteiger partial charge in [-0.15, -0.1) is 0 Å². The van der Waals surface area contributed by atoms with Crippen LogP contribution < -0.4 is 20.9 Å². The molecule has 0 radical (unpaired) electrons. The van der Waals surface area contributed by atoms with E-state index in [1.54, 1.807) is 7.05 Å². The van der Waals surface area contributed by atoms with Crippen LogP contribution >= 0.6 is 27.3 Å². The van der Waals surface area contributed by atoms with Crippen LogP contribution in [0.5, 0.6) is 0 Å². The predicted molar refractivity (Wildman–Crippen MR) is 117 cm³/mol. The van der Waals surface area contributed by atoms with Crippen molar-refractivity contribution in [3.05, 3.63) is 15.8 Å². The Hall–Kier alpha value is -2.88. The van der Waals surface area contributed by atoms with Gasteiger partial charge in [-0.3, -0.25) is 19.6 Å². The van der Waals surface area contributed by atoms with Crippen LogP contribution in [0.1, 0.15) is 29.8 Å². The van der Waals surface area contributed by atoms with Crippen molar-refractivity contribution >= 4 is 61.7 Å². The van der Waals surface area contributed by atoms with Crippen LogP contribution in [0.3, 0.4) is 0 Å². The summed E-state index contributed by atoms with van der Waals surface area (Å²) in [7, 11) is 1.65. The van der Waals surface area contributed by atoms with E-state index in [1.807, 2.05) is 10.2 Å². The number of carbonyl (C=O) groups is 3. The van der Waals surface area contributed by atoms with Crippen LogP contribution in [0.15, 0.2) is 10.1 Å². The number of thiazole rings is 1. The summed E-state index contributed by atoms with van der Waals surface area (Å²) in [5, 5.41) is 19.9. The molecule has 2 aromatic rings. The molecule has 1 atom stereocenters. The number of halogens is 4. The molecular formula is C17H19BrF3N7O4S. The fourth-order valence-corrected chi connectivity index (χ4v) is 4.77. The molecule has 0 bridgehead atoms. The summed E-state index contributed by atoms with van der Waals surface area (Å²) < 4.78 is 39.5. The summed E-state index contributed by atoms with van der Waals surface area (Å²) in [4.78, 5) is 40.9. The monoisotopic (exact) mass is 553 g/mol. The van der Waals surface area contributed by atoms with E-state index < -0.39 is 30.1 Å². The van der Waals surface area contributed by atoms with Gasteiger partial charge in [0.15, 0.2) is 15.4 Å². The fraction of sp³-hybridized carbons (Fsp3) is 0.471. The molecule has 1 aliphatic heterocycles. The molecule has 1 fully saturated rings. The average molecular weight is 554 g/mol. The maximum Gasteiger partial charge on any atom is 0.471 e. The minimum absolute atomic E-state index is 0.0373. The Kier molecular flexibility index (Phi) is 7.46. The predicted octanol–water partition coefficient (Wildman–Crippen LogP) is 3.02. The third kappa shape index (κ3) is 6.13. The van der Waals surface area contributed by atoms with Crippen molar-refractivity contribution in [3.63, 3.8) is 0 Å². The Morgan fingerprint density at radius 2 is 1.97 bits per heavy atom. The second-order valence-electron chi connectivity index (χ2n) is 7.12. The summed E-state index contributed by atoms with van der Waals surface area (Å²) in [5.74, 6) is -2.11. The number of aromatic nitrogens is 3. The van der Waals surface area contributed by atoms with Crippen LogP contribution in [0.4, 0.5) is 34.5 Å². The van der Waals surface area contributed by atoms with Crippen LogP contribution in [-0.4, -0.2) is 63.1 Å². The van der Waals surface area contributed by atoms with Gasteiger partial charge in [-0.25, -0.2) is 9.78 Å². The Balaban J connectivity index is 1.73. The highest BCUT2D eigenvalue weighted by Crippen LogP contribution is 2.32. The first-order valence-corrected chi connectivity index (χ1v) is 11.2. The quantitative estimate of drug-likeness (QED) is 0.445. The molecule has 16 heteroatoms. The largest absolute Gasteiger partial charge is 0.471 e. The molecule has 3 heterocycles. The number of amides is 3. The summed E-state index contributed by atoms with van der Waals surface area (Å²) in [5.41, 5.74) is 0.195. The first-order chi connectivity index (χ1) is 15.5. The number of anilines is 3. The normalized spacial score (nSPS) is 16.8. The highest BCUT2D eigenvalue weighted by atomic mass is 79.9. The maximum atomic E-state index is 12.8. The molecule has 180 valence electrons. The second-order valence-corrected chi connectivity index (χ2v) is 9.40. The molecule has 0 spiro atoms. The summed E-state index contributed by atoms with van der Waals surface area (Å²) in [6, 6.07) is -0.632. The smallest absolute Gasteiger partial charge is 0.465 e. The van der Waals surface area contributed by atoms with E-state index in [1.165, 1.54) is 10.9 Å². The lowest BCUT2D eigenvalue weighted by molar-refractivity contribution is -0.174.